The number of amides is 1. The topological polar surface area (TPSA) is 61.4 Å². The van der Waals surface area contributed by atoms with Crippen molar-refractivity contribution in [1.82, 2.24) is 10.6 Å². The van der Waals surface area contributed by atoms with E-state index in [4.69, 9.17) is 0 Å². The predicted octanol–water partition coefficient (Wildman–Crippen LogP) is 3.43. The smallest absolute Gasteiger partial charge is 0.255 e. The number of carbonyl (C=O) groups excluding carboxylic acids is 1. The first-order valence-corrected chi connectivity index (χ1v) is 10.7. The molecular formula is C17H26N2O2S2. The fraction of sp³-hybridized carbons (Fsp3) is 0.588. The lowest BCUT2D eigenvalue weighted by Crippen LogP contribution is -2.32. The number of nitrogens with one attached hydrogen (secondary N) is 2. The maximum absolute atomic E-state index is 11.9. The minimum absolute atomic E-state index is 0.0248. The summed E-state index contributed by atoms with van der Waals surface area (Å²) in [6, 6.07) is 6.60. The fourth-order valence-corrected chi connectivity index (χ4v) is 5.54. The largest absolute Gasteiger partial charge is 0.507 e. The number of hydrogen-bond donors (Lipinski definition) is 3. The molecule has 1 aliphatic rings. The van der Waals surface area contributed by atoms with Crippen molar-refractivity contribution < 1.29 is 9.90 Å². The van der Waals surface area contributed by atoms with Crippen LogP contribution in [0.15, 0.2) is 24.3 Å². The molecular weight excluding hydrogens is 328 g/mol. The molecule has 1 fully saturated rings. The number of aromatic hydroxyl groups is 1. The van der Waals surface area contributed by atoms with E-state index in [-0.39, 0.29) is 11.7 Å². The average molecular weight is 355 g/mol. The number of carbonyl (C=O) groups is 1. The quantitative estimate of drug-likeness (QED) is 0.444. The molecule has 1 amide bonds. The van der Waals surface area contributed by atoms with Crippen LogP contribution >= 0.6 is 21.6 Å². The fourth-order valence-electron chi connectivity index (χ4n) is 2.51. The summed E-state index contributed by atoms with van der Waals surface area (Å²) in [4.78, 5) is 11.9. The summed E-state index contributed by atoms with van der Waals surface area (Å²) in [5.74, 6) is 1.12. The Morgan fingerprint density at radius 2 is 2.04 bits per heavy atom. The Kier molecular flexibility index (Phi) is 8.71. The molecule has 1 aliphatic heterocycles. The van der Waals surface area contributed by atoms with Crippen LogP contribution in [0, 0.1) is 0 Å². The van der Waals surface area contributed by atoms with Crippen molar-refractivity contribution in [3.05, 3.63) is 29.8 Å². The second-order valence-corrected chi connectivity index (χ2v) is 8.49. The van der Waals surface area contributed by atoms with E-state index in [9.17, 15) is 9.90 Å². The monoisotopic (exact) mass is 354 g/mol. The van der Waals surface area contributed by atoms with Crippen LogP contribution in [0.1, 0.15) is 42.5 Å². The Labute approximate surface area is 146 Å². The molecule has 23 heavy (non-hydrogen) atoms. The molecule has 2 rings (SSSR count). The molecule has 0 aromatic heterocycles. The van der Waals surface area contributed by atoms with Gasteiger partial charge in [0.25, 0.3) is 5.91 Å². The lowest BCUT2D eigenvalue weighted by atomic mass is 10.1. The lowest BCUT2D eigenvalue weighted by molar-refractivity contribution is 0.0951. The molecule has 0 spiro atoms. The number of phenolic OH excluding ortho intramolecular Hbond substituents is 1. The van der Waals surface area contributed by atoms with E-state index in [1.54, 1.807) is 18.2 Å². The minimum atomic E-state index is -0.225. The summed E-state index contributed by atoms with van der Waals surface area (Å²) in [6.45, 7) is 2.33. The van der Waals surface area contributed by atoms with Gasteiger partial charge in [-0.25, -0.2) is 0 Å². The summed E-state index contributed by atoms with van der Waals surface area (Å²) >= 11 is 0. The Hall–Kier alpha value is -0.850. The molecule has 1 aromatic carbocycles. The van der Waals surface area contributed by atoms with Gasteiger partial charge < -0.3 is 15.7 Å². The third-order valence-electron chi connectivity index (χ3n) is 3.84. The average Bonchev–Trinajstić information content (AvgIpc) is 3.07. The Balaban J connectivity index is 1.43. The van der Waals surface area contributed by atoms with Gasteiger partial charge in [0, 0.05) is 24.1 Å². The summed E-state index contributed by atoms with van der Waals surface area (Å²) in [5, 5.41) is 16.7. The molecule has 1 aromatic rings. The molecule has 6 heteroatoms. The van der Waals surface area contributed by atoms with Gasteiger partial charge in [0.05, 0.1) is 5.56 Å². The number of benzene rings is 1. The van der Waals surface area contributed by atoms with Crippen LogP contribution in [0.3, 0.4) is 0 Å². The van der Waals surface area contributed by atoms with Gasteiger partial charge in [0.15, 0.2) is 0 Å². The summed E-state index contributed by atoms with van der Waals surface area (Å²) in [7, 11) is 4.08. The molecule has 0 saturated carbocycles. The van der Waals surface area contributed by atoms with Crippen molar-refractivity contribution in [2.24, 2.45) is 0 Å². The highest BCUT2D eigenvalue weighted by Gasteiger charge is 2.15. The number of para-hydroxylation sites is 1. The number of hydrogen-bond acceptors (Lipinski definition) is 5. The van der Waals surface area contributed by atoms with Crippen LogP contribution in [0.2, 0.25) is 0 Å². The molecule has 0 aliphatic carbocycles. The van der Waals surface area contributed by atoms with Gasteiger partial charge in [-0.1, -0.05) is 46.6 Å². The predicted molar refractivity (Wildman–Crippen MR) is 100 cm³/mol. The Morgan fingerprint density at radius 3 is 2.83 bits per heavy atom. The first-order valence-electron chi connectivity index (χ1n) is 8.32. The number of unbranched alkanes of at least 4 members (excludes halogenated alkanes) is 2. The van der Waals surface area contributed by atoms with Crippen LogP contribution in [0.25, 0.3) is 0 Å². The van der Waals surface area contributed by atoms with E-state index in [0.717, 1.165) is 18.3 Å². The highest BCUT2D eigenvalue weighted by atomic mass is 33.1. The molecule has 128 valence electrons. The van der Waals surface area contributed by atoms with Gasteiger partial charge in [-0.15, -0.1) is 0 Å². The molecule has 1 unspecified atom stereocenters. The highest BCUT2D eigenvalue weighted by Crippen LogP contribution is 2.39. The van der Waals surface area contributed by atoms with E-state index in [1.807, 2.05) is 10.8 Å². The van der Waals surface area contributed by atoms with Gasteiger partial charge in [-0.3, -0.25) is 4.79 Å². The molecule has 4 nitrogen and oxygen atoms in total. The molecule has 0 bridgehead atoms. The highest BCUT2D eigenvalue weighted by molar-refractivity contribution is 8.77. The SMILES string of the molecule is O=C(NCCNCCCCCC1CCSS1)c1ccccc1O. The second kappa shape index (κ2) is 10.8. The summed E-state index contributed by atoms with van der Waals surface area (Å²) < 4.78 is 0. The molecule has 1 heterocycles. The van der Waals surface area contributed by atoms with E-state index >= 15 is 0 Å². The van der Waals surface area contributed by atoms with Crippen LogP contribution in [-0.2, 0) is 0 Å². The van der Waals surface area contributed by atoms with Gasteiger partial charge in [0.2, 0.25) is 0 Å². The lowest BCUT2D eigenvalue weighted by Gasteiger charge is -2.09. The third kappa shape index (κ3) is 7.06. The van der Waals surface area contributed by atoms with Gasteiger partial charge >= 0.3 is 0 Å². The van der Waals surface area contributed by atoms with Crippen LogP contribution in [0.5, 0.6) is 5.75 Å². The molecule has 1 saturated heterocycles. The van der Waals surface area contributed by atoms with Crippen molar-refractivity contribution in [3.63, 3.8) is 0 Å². The Bertz CT molecular complexity index is 479. The zero-order valence-corrected chi connectivity index (χ0v) is 15.1. The van der Waals surface area contributed by atoms with Gasteiger partial charge in [-0.05, 0) is 37.9 Å². The number of phenols is 1. The van der Waals surface area contributed by atoms with E-state index in [0.29, 0.717) is 12.1 Å². The van der Waals surface area contributed by atoms with E-state index in [1.165, 1.54) is 43.9 Å². The van der Waals surface area contributed by atoms with Crippen molar-refractivity contribution in [2.75, 3.05) is 25.4 Å². The zero-order valence-electron chi connectivity index (χ0n) is 13.4. The van der Waals surface area contributed by atoms with E-state index in [2.05, 4.69) is 21.4 Å². The molecule has 1 atom stereocenters. The van der Waals surface area contributed by atoms with Crippen molar-refractivity contribution in [1.29, 1.82) is 0 Å². The maximum Gasteiger partial charge on any atom is 0.255 e. The van der Waals surface area contributed by atoms with Gasteiger partial charge in [-0.2, -0.15) is 0 Å². The zero-order chi connectivity index (χ0) is 16.3. The van der Waals surface area contributed by atoms with Crippen molar-refractivity contribution >= 4 is 27.5 Å². The van der Waals surface area contributed by atoms with E-state index < -0.39 is 0 Å². The molecule has 0 radical (unpaired) electrons. The van der Waals surface area contributed by atoms with Gasteiger partial charge in [0.1, 0.15) is 5.75 Å². The van der Waals surface area contributed by atoms with Crippen LogP contribution in [0.4, 0.5) is 0 Å². The first kappa shape index (κ1) is 18.5. The number of rotatable bonds is 10. The van der Waals surface area contributed by atoms with Crippen LogP contribution < -0.4 is 10.6 Å². The standard InChI is InChI=1S/C17H26N2O2S2/c20-16-8-4-3-7-15(16)17(21)19-12-11-18-10-5-1-2-6-14-9-13-22-23-14/h3-4,7-8,14,18,20H,1-2,5-6,9-13H2,(H,19,21). The minimum Gasteiger partial charge on any atom is -0.507 e. The Morgan fingerprint density at radius 1 is 1.17 bits per heavy atom. The molecule has 3 N–H and O–H groups in total. The summed E-state index contributed by atoms with van der Waals surface area (Å²) in [5.41, 5.74) is 0.329. The summed E-state index contributed by atoms with van der Waals surface area (Å²) in [6.07, 6.45) is 6.53. The van der Waals surface area contributed by atoms with Crippen LogP contribution in [-0.4, -0.2) is 41.7 Å². The first-order chi connectivity index (χ1) is 11.3. The van der Waals surface area contributed by atoms with Crippen molar-refractivity contribution in [2.45, 2.75) is 37.4 Å². The third-order valence-corrected chi connectivity index (χ3v) is 6.85. The normalized spacial score (nSPS) is 17.3. The second-order valence-electron chi connectivity index (χ2n) is 5.70. The van der Waals surface area contributed by atoms with Crippen molar-refractivity contribution in [3.8, 4) is 5.75 Å². The maximum atomic E-state index is 11.9.